The van der Waals surface area contributed by atoms with Gasteiger partial charge >= 0.3 is 18.0 Å². The quantitative estimate of drug-likeness (QED) is 0.0617. The van der Waals surface area contributed by atoms with Crippen LogP contribution in [0.5, 0.6) is 0 Å². The Labute approximate surface area is 434 Å². The maximum atomic E-state index is 13.9. The number of hydrogen-bond acceptors (Lipinski definition) is 13. The van der Waals surface area contributed by atoms with Gasteiger partial charge in [-0.3, -0.25) is 9.59 Å². The standard InChI is InChI=1S/C30H46N2O7.C25H38N2O5.ClH/c1-30(2,3)39-29(35)31-26(23-15-9-6-10-16-23)27(33)32-20-24(19-25(32)28(34)36-4)38-18-12-11-17-37-21-22-13-7-5-8-14-22;1-30-25(29)22-16-21(17-27(22)24(28)23(26)20-12-6-3-7-13-20)32-15-9-8-14-31-18-19-10-4-2-5-11-19;/h5,7-8,13-14,23-26H,6,9-12,15-21H2,1-4H3,(H,31,35);2,4-5,10-11,20-23H,3,6-9,12-18,26H2,1H3;1H/t24-,25+,26+;21-,22+,23+;/m11./s1. The van der Waals surface area contributed by atoms with E-state index in [0.717, 1.165) is 89.0 Å². The Morgan fingerprint density at radius 3 is 1.46 bits per heavy atom. The van der Waals surface area contributed by atoms with Gasteiger partial charge in [-0.25, -0.2) is 14.4 Å². The van der Waals surface area contributed by atoms with Gasteiger partial charge in [-0.05, 0) is 95.1 Å². The lowest BCUT2D eigenvalue weighted by molar-refractivity contribution is -0.152. The van der Waals surface area contributed by atoms with Crippen molar-refractivity contribution in [2.45, 2.75) is 179 Å². The van der Waals surface area contributed by atoms with E-state index in [1.807, 2.05) is 60.7 Å². The van der Waals surface area contributed by atoms with Crippen molar-refractivity contribution in [3.63, 3.8) is 0 Å². The molecule has 2 aromatic rings. The van der Waals surface area contributed by atoms with E-state index in [-0.39, 0.29) is 54.8 Å². The number of hydrogen-bond donors (Lipinski definition) is 2. The average Bonchev–Trinajstić information content (AvgIpc) is 4.02. The third kappa shape index (κ3) is 20.2. The van der Waals surface area contributed by atoms with Gasteiger partial charge in [0.2, 0.25) is 11.8 Å². The molecule has 0 unspecified atom stereocenters. The number of alkyl carbamates (subject to hydrolysis) is 1. The van der Waals surface area contributed by atoms with Gasteiger partial charge in [0.25, 0.3) is 0 Å². The Hall–Kier alpha value is -4.32. The van der Waals surface area contributed by atoms with Crippen molar-refractivity contribution in [1.82, 2.24) is 15.1 Å². The molecule has 2 aliphatic carbocycles. The molecule has 0 bridgehead atoms. The molecule has 6 atom stereocenters. The lowest BCUT2D eigenvalue weighted by Crippen LogP contribution is -2.55. The van der Waals surface area contributed by atoms with E-state index in [1.54, 1.807) is 25.7 Å². The zero-order valence-corrected chi connectivity index (χ0v) is 44.5. The highest BCUT2D eigenvalue weighted by molar-refractivity contribution is 5.91. The number of nitrogens with one attached hydrogen (secondary N) is 1. The molecule has 2 saturated heterocycles. The van der Waals surface area contributed by atoms with Crippen molar-refractivity contribution < 1.29 is 57.1 Å². The van der Waals surface area contributed by atoms with E-state index in [1.165, 1.54) is 31.1 Å². The largest absolute Gasteiger partial charge is 0.467 e. The molecule has 0 aromatic heterocycles. The van der Waals surface area contributed by atoms with Crippen LogP contribution in [0.3, 0.4) is 0 Å². The molecule has 6 rings (SSSR count). The predicted molar refractivity (Wildman–Crippen MR) is 276 cm³/mol. The van der Waals surface area contributed by atoms with Crippen LogP contribution in [0.15, 0.2) is 60.7 Å². The third-order valence-corrected chi connectivity index (χ3v) is 13.8. The zero-order valence-electron chi connectivity index (χ0n) is 43.6. The summed E-state index contributed by atoms with van der Waals surface area (Å²) in [5, 5.41) is 2.84. The summed E-state index contributed by atoms with van der Waals surface area (Å²) in [6, 6.07) is 17.5. The molecule has 2 heterocycles. The fraction of sp³-hybridized carbons (Fsp3) is 0.691. The average molecular weight is 1030 g/mol. The summed E-state index contributed by atoms with van der Waals surface area (Å²) < 4.78 is 38.9. The van der Waals surface area contributed by atoms with Crippen molar-refractivity contribution in [1.29, 1.82) is 0 Å². The summed E-state index contributed by atoms with van der Waals surface area (Å²) >= 11 is 0. The minimum absolute atomic E-state index is 0. The maximum Gasteiger partial charge on any atom is 0.408 e. The second-order valence-corrected chi connectivity index (χ2v) is 20.5. The fourth-order valence-corrected chi connectivity index (χ4v) is 10.0. The molecular formula is C55H85ClN4O12. The number of rotatable bonds is 23. The minimum atomic E-state index is -0.757. The van der Waals surface area contributed by atoms with Crippen LogP contribution in [-0.4, -0.2) is 135 Å². The van der Waals surface area contributed by atoms with Crippen molar-refractivity contribution in [3.8, 4) is 0 Å². The number of halogens is 1. The monoisotopic (exact) mass is 1030 g/mol. The molecular weight excluding hydrogens is 944 g/mol. The number of carbonyl (C=O) groups excluding carboxylic acids is 5. The van der Waals surface area contributed by atoms with Gasteiger partial charge in [0.05, 0.1) is 45.7 Å². The van der Waals surface area contributed by atoms with Gasteiger partial charge in [-0.1, -0.05) is 99.2 Å². The Bertz CT molecular complexity index is 1900. The van der Waals surface area contributed by atoms with Crippen molar-refractivity contribution in [2.75, 3.05) is 53.7 Å². The highest BCUT2D eigenvalue weighted by atomic mass is 35.5. The van der Waals surface area contributed by atoms with E-state index in [0.29, 0.717) is 59.0 Å². The van der Waals surface area contributed by atoms with E-state index >= 15 is 0 Å². The van der Waals surface area contributed by atoms with Crippen LogP contribution in [0.4, 0.5) is 4.79 Å². The topological polar surface area (TPSA) is 194 Å². The Morgan fingerprint density at radius 1 is 0.611 bits per heavy atom. The molecule has 2 aromatic carbocycles. The van der Waals surface area contributed by atoms with Gasteiger partial charge in [0.1, 0.15) is 23.7 Å². The van der Waals surface area contributed by atoms with Crippen molar-refractivity contribution >= 4 is 42.3 Å². The Balaban J connectivity index is 0.000000314. The zero-order chi connectivity index (χ0) is 51.0. The van der Waals surface area contributed by atoms with Crippen LogP contribution in [0, 0.1) is 11.8 Å². The first kappa shape index (κ1) is 60.2. The molecule has 16 nitrogen and oxygen atoms in total. The van der Waals surface area contributed by atoms with Crippen LogP contribution in [-0.2, 0) is 65.5 Å². The maximum absolute atomic E-state index is 13.9. The molecule has 0 spiro atoms. The lowest BCUT2D eigenvalue weighted by atomic mass is 9.83. The molecule has 4 aliphatic rings. The lowest BCUT2D eigenvalue weighted by Gasteiger charge is -2.34. The number of esters is 2. The molecule has 2 saturated carbocycles. The van der Waals surface area contributed by atoms with Crippen LogP contribution >= 0.6 is 12.4 Å². The van der Waals surface area contributed by atoms with Crippen LogP contribution in [0.1, 0.15) is 135 Å². The van der Waals surface area contributed by atoms with Crippen LogP contribution < -0.4 is 11.1 Å². The Morgan fingerprint density at radius 2 is 1.03 bits per heavy atom. The number of carbonyl (C=O) groups is 5. The minimum Gasteiger partial charge on any atom is -0.467 e. The number of ether oxygens (including phenoxy) is 7. The number of benzene rings is 2. The first-order valence-electron chi connectivity index (χ1n) is 26.3. The number of nitrogens with zero attached hydrogens (tertiary/aromatic N) is 2. The van der Waals surface area contributed by atoms with Gasteiger partial charge in [0.15, 0.2) is 0 Å². The molecule has 3 amide bonds. The van der Waals surface area contributed by atoms with E-state index < -0.39 is 47.8 Å². The number of likely N-dealkylation sites (tertiary alicyclic amines) is 2. The summed E-state index contributed by atoms with van der Waals surface area (Å²) in [6.45, 7) is 9.63. The normalized spacial score (nSPS) is 21.4. The number of amides is 3. The molecule has 0 radical (unpaired) electrons. The summed E-state index contributed by atoms with van der Waals surface area (Å²) in [5.41, 5.74) is 7.96. The number of methoxy groups -OCH3 is 2. The van der Waals surface area contributed by atoms with E-state index in [2.05, 4.69) is 5.32 Å². The summed E-state index contributed by atoms with van der Waals surface area (Å²) in [6.07, 6.45) is 13.4. The van der Waals surface area contributed by atoms with E-state index in [9.17, 15) is 24.0 Å². The first-order valence-corrected chi connectivity index (χ1v) is 26.3. The Kier molecular flexibility index (Phi) is 26.8. The summed E-state index contributed by atoms with van der Waals surface area (Å²) in [5.74, 6) is -1.09. The van der Waals surface area contributed by atoms with Crippen LogP contribution in [0.2, 0.25) is 0 Å². The second-order valence-electron chi connectivity index (χ2n) is 20.5. The fourth-order valence-electron chi connectivity index (χ4n) is 10.0. The van der Waals surface area contributed by atoms with Crippen molar-refractivity contribution in [2.24, 2.45) is 17.6 Å². The molecule has 17 heteroatoms. The number of unbranched alkanes of at least 4 members (excludes halogenated alkanes) is 2. The van der Waals surface area contributed by atoms with Gasteiger partial charge in [0, 0.05) is 52.4 Å². The first-order chi connectivity index (χ1) is 34.3. The van der Waals surface area contributed by atoms with Gasteiger partial charge < -0.3 is 54.0 Å². The van der Waals surface area contributed by atoms with Gasteiger partial charge in [-0.2, -0.15) is 0 Å². The smallest absolute Gasteiger partial charge is 0.408 e. The predicted octanol–water partition coefficient (Wildman–Crippen LogP) is 8.09. The SMILES string of the molecule is COC(=O)[C@@H]1C[C@@H](OCCCCOCc2ccccc2)CN1C(=O)[C@@H](N)C1CCCCC1.COC(=O)[C@@H]1C[C@@H](OCCCCOCc2ccccc2)CN1C(=O)[C@@H](NC(=O)OC(C)(C)C)C1CCCCC1.Cl. The molecule has 72 heavy (non-hydrogen) atoms. The highest BCUT2D eigenvalue weighted by Gasteiger charge is 2.46. The molecule has 2 aliphatic heterocycles. The van der Waals surface area contributed by atoms with Crippen molar-refractivity contribution in [3.05, 3.63) is 71.8 Å². The molecule has 4 fully saturated rings. The second kappa shape index (κ2) is 32.1. The molecule has 404 valence electrons. The highest BCUT2D eigenvalue weighted by Crippen LogP contribution is 2.32. The summed E-state index contributed by atoms with van der Waals surface area (Å²) in [4.78, 5) is 67.7. The van der Waals surface area contributed by atoms with Crippen LogP contribution in [0.25, 0.3) is 0 Å². The van der Waals surface area contributed by atoms with E-state index in [4.69, 9.17) is 38.9 Å². The molecule has 3 N–H and O–H groups in total. The number of nitrogens with two attached hydrogens (primary N) is 1. The third-order valence-electron chi connectivity index (χ3n) is 13.8. The van der Waals surface area contributed by atoms with Gasteiger partial charge in [-0.15, -0.1) is 12.4 Å². The summed E-state index contributed by atoms with van der Waals surface area (Å²) in [7, 11) is 2.68.